The van der Waals surface area contributed by atoms with Gasteiger partial charge in [0, 0.05) is 24.4 Å². The molecule has 1 atom stereocenters. The van der Waals surface area contributed by atoms with Crippen LogP contribution in [-0.2, 0) is 14.3 Å². The van der Waals surface area contributed by atoms with E-state index in [1.54, 1.807) is 0 Å². The number of alkyl carbamates (subject to hydrolysis) is 1. The fraction of sp³-hybridized carbons (Fsp3) is 0.444. The first kappa shape index (κ1) is 25.3. The third kappa shape index (κ3) is 6.37. The number of nitrogens with one attached hydrogen (secondary N) is 2. The van der Waals surface area contributed by atoms with E-state index in [0.717, 1.165) is 17.5 Å². The number of ether oxygens (including phenoxy) is 1. The van der Waals surface area contributed by atoms with E-state index < -0.39 is 23.5 Å². The van der Waals surface area contributed by atoms with E-state index in [1.807, 2.05) is 45.0 Å². The quantitative estimate of drug-likeness (QED) is 0.445. The van der Waals surface area contributed by atoms with E-state index in [4.69, 9.17) is 4.74 Å². The Morgan fingerprint density at radius 2 is 1.62 bits per heavy atom. The number of carboxylic acids is 1. The van der Waals surface area contributed by atoms with Crippen molar-refractivity contribution < 1.29 is 24.2 Å². The van der Waals surface area contributed by atoms with Gasteiger partial charge in [0.05, 0.1) is 5.92 Å². The highest BCUT2D eigenvalue weighted by molar-refractivity contribution is 5.79. The van der Waals surface area contributed by atoms with Crippen LogP contribution in [0.1, 0.15) is 63.5 Å². The Balaban J connectivity index is 1.48. The minimum atomic E-state index is -0.903. The molecule has 0 spiro atoms. The van der Waals surface area contributed by atoms with Crippen molar-refractivity contribution in [2.24, 2.45) is 5.92 Å². The number of hydrogen-bond donors (Lipinski definition) is 3. The average Bonchev–Trinajstić information content (AvgIpc) is 3.12. The molecule has 1 aliphatic rings. The molecule has 2 aromatic carbocycles. The largest absolute Gasteiger partial charge is 0.481 e. The van der Waals surface area contributed by atoms with Gasteiger partial charge in [-0.25, -0.2) is 4.79 Å². The third-order valence-electron chi connectivity index (χ3n) is 6.29. The second kappa shape index (κ2) is 11.2. The topological polar surface area (TPSA) is 105 Å². The van der Waals surface area contributed by atoms with E-state index in [9.17, 15) is 19.5 Å². The summed E-state index contributed by atoms with van der Waals surface area (Å²) in [5.74, 6) is -1.73. The molecule has 34 heavy (non-hydrogen) atoms. The molecule has 0 aromatic heterocycles. The molecule has 0 bridgehead atoms. The van der Waals surface area contributed by atoms with E-state index in [1.165, 1.54) is 11.1 Å². The van der Waals surface area contributed by atoms with Gasteiger partial charge in [0.1, 0.15) is 6.61 Å². The fourth-order valence-corrected chi connectivity index (χ4v) is 4.39. The monoisotopic (exact) mass is 466 g/mol. The first-order valence-corrected chi connectivity index (χ1v) is 11.8. The average molecular weight is 467 g/mol. The van der Waals surface area contributed by atoms with Gasteiger partial charge in [-0.15, -0.1) is 0 Å². The molecule has 3 rings (SSSR count). The third-order valence-corrected chi connectivity index (χ3v) is 6.29. The highest BCUT2D eigenvalue weighted by atomic mass is 16.5. The number of rotatable bonds is 11. The molecular formula is C27H34N2O5. The normalized spacial score (nSPS) is 13.5. The Hall–Kier alpha value is -3.35. The second-order valence-electron chi connectivity index (χ2n) is 9.46. The van der Waals surface area contributed by atoms with Gasteiger partial charge in [-0.1, -0.05) is 61.9 Å². The molecule has 1 aliphatic carbocycles. The lowest BCUT2D eigenvalue weighted by Gasteiger charge is -2.26. The summed E-state index contributed by atoms with van der Waals surface area (Å²) < 4.78 is 5.60. The van der Waals surface area contributed by atoms with Crippen molar-refractivity contribution in [1.82, 2.24) is 10.6 Å². The van der Waals surface area contributed by atoms with Crippen molar-refractivity contribution in [2.75, 3.05) is 13.2 Å². The van der Waals surface area contributed by atoms with Crippen LogP contribution in [0, 0.1) is 5.92 Å². The Morgan fingerprint density at radius 3 is 2.18 bits per heavy atom. The van der Waals surface area contributed by atoms with Crippen LogP contribution in [-0.4, -0.2) is 41.8 Å². The van der Waals surface area contributed by atoms with Crippen molar-refractivity contribution >= 4 is 18.0 Å². The molecule has 182 valence electrons. The van der Waals surface area contributed by atoms with Gasteiger partial charge in [0.15, 0.2) is 0 Å². The molecule has 2 aromatic rings. The van der Waals surface area contributed by atoms with Gasteiger partial charge >= 0.3 is 12.1 Å². The lowest BCUT2D eigenvalue weighted by Crippen LogP contribution is -2.45. The number of hydrogen-bond acceptors (Lipinski definition) is 4. The lowest BCUT2D eigenvalue weighted by molar-refractivity contribution is -0.142. The van der Waals surface area contributed by atoms with Gasteiger partial charge in [-0.2, -0.15) is 0 Å². The molecule has 0 aliphatic heterocycles. The molecular weight excluding hydrogens is 432 g/mol. The van der Waals surface area contributed by atoms with Crippen LogP contribution in [0.5, 0.6) is 0 Å². The maximum Gasteiger partial charge on any atom is 0.407 e. The van der Waals surface area contributed by atoms with E-state index in [2.05, 4.69) is 34.9 Å². The zero-order valence-electron chi connectivity index (χ0n) is 20.1. The molecule has 1 unspecified atom stereocenters. The maximum atomic E-state index is 12.5. The van der Waals surface area contributed by atoms with Gasteiger partial charge in [-0.05, 0) is 48.9 Å². The number of aliphatic carboxylic acids is 1. The van der Waals surface area contributed by atoms with Crippen LogP contribution in [0.15, 0.2) is 48.5 Å². The zero-order valence-corrected chi connectivity index (χ0v) is 20.1. The van der Waals surface area contributed by atoms with Crippen LogP contribution < -0.4 is 10.6 Å². The first-order valence-electron chi connectivity index (χ1n) is 11.8. The fourth-order valence-electron chi connectivity index (χ4n) is 4.39. The summed E-state index contributed by atoms with van der Waals surface area (Å²) in [6.07, 6.45) is 1.30. The van der Waals surface area contributed by atoms with Crippen molar-refractivity contribution in [1.29, 1.82) is 0 Å². The van der Waals surface area contributed by atoms with E-state index in [0.29, 0.717) is 12.8 Å². The van der Waals surface area contributed by atoms with Crippen molar-refractivity contribution in [2.45, 2.75) is 57.9 Å². The smallest absolute Gasteiger partial charge is 0.407 e. The van der Waals surface area contributed by atoms with Crippen molar-refractivity contribution in [3.05, 3.63) is 59.7 Å². The Kier molecular flexibility index (Phi) is 8.31. The minimum absolute atomic E-state index is 0.0164. The van der Waals surface area contributed by atoms with Crippen LogP contribution in [0.3, 0.4) is 0 Å². The van der Waals surface area contributed by atoms with Crippen LogP contribution >= 0.6 is 0 Å². The lowest BCUT2D eigenvalue weighted by atomic mass is 9.97. The summed E-state index contributed by atoms with van der Waals surface area (Å²) in [6, 6.07) is 16.3. The molecule has 0 saturated heterocycles. The van der Waals surface area contributed by atoms with E-state index in [-0.39, 0.29) is 31.4 Å². The SMILES string of the molecule is CCCC(CNC(=O)CCC(C)(C)NC(=O)OCC1c2ccccc2-c2ccccc21)C(=O)O. The number of carboxylic acid groups (broad SMARTS) is 1. The highest BCUT2D eigenvalue weighted by Crippen LogP contribution is 2.44. The summed E-state index contributed by atoms with van der Waals surface area (Å²) in [4.78, 5) is 36.0. The summed E-state index contributed by atoms with van der Waals surface area (Å²) in [5, 5.41) is 14.7. The maximum absolute atomic E-state index is 12.5. The number of amides is 2. The Labute approximate surface area is 200 Å². The van der Waals surface area contributed by atoms with E-state index >= 15 is 0 Å². The molecule has 7 heteroatoms. The molecule has 0 heterocycles. The standard InChI is InChI=1S/C27H34N2O5/c1-4-9-18(25(31)32)16-28-24(30)14-15-27(2,3)29-26(33)34-17-23-21-12-7-5-10-19(21)20-11-6-8-13-22(20)23/h5-8,10-13,18,23H,4,9,14-17H2,1-3H3,(H,28,30)(H,29,33)(H,31,32). The number of fused-ring (bicyclic) bond motifs is 3. The molecule has 7 nitrogen and oxygen atoms in total. The minimum Gasteiger partial charge on any atom is -0.481 e. The number of carbonyl (C=O) groups excluding carboxylic acids is 2. The van der Waals surface area contributed by atoms with Crippen molar-refractivity contribution in [3.63, 3.8) is 0 Å². The summed E-state index contributed by atoms with van der Waals surface area (Å²) in [7, 11) is 0. The summed E-state index contributed by atoms with van der Waals surface area (Å²) >= 11 is 0. The summed E-state index contributed by atoms with van der Waals surface area (Å²) in [5.41, 5.74) is 3.98. The molecule has 0 radical (unpaired) electrons. The predicted molar refractivity (Wildman–Crippen MR) is 131 cm³/mol. The molecule has 0 fully saturated rings. The second-order valence-corrected chi connectivity index (χ2v) is 9.46. The Morgan fingerprint density at radius 1 is 1.03 bits per heavy atom. The van der Waals surface area contributed by atoms with Crippen LogP contribution in [0.4, 0.5) is 4.79 Å². The van der Waals surface area contributed by atoms with Crippen LogP contribution in [0.2, 0.25) is 0 Å². The summed E-state index contributed by atoms with van der Waals surface area (Å²) in [6.45, 7) is 5.92. The van der Waals surface area contributed by atoms with Crippen LogP contribution in [0.25, 0.3) is 11.1 Å². The predicted octanol–water partition coefficient (Wildman–Crippen LogP) is 4.70. The van der Waals surface area contributed by atoms with Crippen molar-refractivity contribution in [3.8, 4) is 11.1 Å². The molecule has 0 saturated carbocycles. The highest BCUT2D eigenvalue weighted by Gasteiger charge is 2.30. The van der Waals surface area contributed by atoms with Gasteiger partial charge < -0.3 is 20.5 Å². The molecule has 2 amide bonds. The van der Waals surface area contributed by atoms with Gasteiger partial charge in [0.2, 0.25) is 5.91 Å². The zero-order chi connectivity index (χ0) is 24.7. The molecule has 3 N–H and O–H groups in total. The first-order chi connectivity index (χ1) is 16.2. The number of benzene rings is 2. The van der Waals surface area contributed by atoms with Gasteiger partial charge in [-0.3, -0.25) is 9.59 Å². The van der Waals surface area contributed by atoms with Gasteiger partial charge in [0.25, 0.3) is 0 Å². The number of carbonyl (C=O) groups is 3. The Bertz CT molecular complexity index is 988.